The van der Waals surface area contributed by atoms with E-state index in [0.29, 0.717) is 0 Å². The van der Waals surface area contributed by atoms with Crippen LogP contribution in [0.15, 0.2) is 0 Å². The van der Waals surface area contributed by atoms with Gasteiger partial charge in [0, 0.05) is 18.9 Å². The summed E-state index contributed by atoms with van der Waals surface area (Å²) in [6.07, 6.45) is 0. The van der Waals surface area contributed by atoms with E-state index in [0.717, 1.165) is 0 Å². The number of hydrogen-bond acceptors (Lipinski definition) is 2. The van der Waals surface area contributed by atoms with Gasteiger partial charge in [0.25, 0.3) is 0 Å². The zero-order valence-corrected chi connectivity index (χ0v) is 8.82. The Morgan fingerprint density at radius 1 is 0.636 bits per heavy atom. The van der Waals surface area contributed by atoms with Crippen LogP contribution in [0.3, 0.4) is 0 Å². The second-order valence-corrected chi connectivity index (χ2v) is 4.39. The fourth-order valence-electron chi connectivity index (χ4n) is 0.250. The van der Waals surface area contributed by atoms with Crippen LogP contribution in [0.25, 0.3) is 0 Å². The Kier molecular flexibility index (Phi) is 5.78. The van der Waals surface area contributed by atoms with Crippen LogP contribution in [-0.4, -0.2) is 30.1 Å². The normalized spacial score (nSPS) is 12.5. The minimum absolute atomic E-state index is 0. The molecule has 0 N–H and O–H groups in total. The van der Waals surface area contributed by atoms with Crippen molar-refractivity contribution in [2.45, 2.75) is 52.7 Å². The summed E-state index contributed by atoms with van der Waals surface area (Å²) in [7, 11) is 0. The first-order valence-electron chi connectivity index (χ1n) is 3.57. The Hall–Kier alpha value is 0.517. The van der Waals surface area contributed by atoms with Crippen molar-refractivity contribution in [1.82, 2.24) is 0 Å². The van der Waals surface area contributed by atoms with Crippen LogP contribution in [0.5, 0.6) is 0 Å². The zero-order chi connectivity index (χ0) is 8.41. The molecular weight excluding hydrogens is 135 g/mol. The maximum absolute atomic E-state index is 5.09. The fraction of sp³-hybridized carbons (Fsp3) is 1.00. The maximum Gasteiger partial charge on any atom is 0.0952 e. The first kappa shape index (κ1) is 14.1. The van der Waals surface area contributed by atoms with Crippen molar-refractivity contribution in [3.63, 3.8) is 0 Å². The molecule has 11 heavy (non-hydrogen) atoms. The van der Waals surface area contributed by atoms with E-state index < -0.39 is 0 Å². The zero-order valence-electron chi connectivity index (χ0n) is 8.82. The standard InChI is InChI=1S/C8H18O2.Li/c1-7(2,3)9-10-8(4,5)6;/h1-6H3;. The van der Waals surface area contributed by atoms with Crippen LogP contribution < -0.4 is 0 Å². The summed E-state index contributed by atoms with van der Waals surface area (Å²) >= 11 is 0. The van der Waals surface area contributed by atoms with E-state index in [2.05, 4.69) is 0 Å². The molecule has 3 heteroatoms. The third kappa shape index (κ3) is 13.5. The van der Waals surface area contributed by atoms with Gasteiger partial charge < -0.3 is 0 Å². The van der Waals surface area contributed by atoms with Crippen LogP contribution in [0.1, 0.15) is 41.5 Å². The first-order valence-corrected chi connectivity index (χ1v) is 3.57. The molecule has 0 aliphatic heterocycles. The van der Waals surface area contributed by atoms with Gasteiger partial charge in [-0.1, -0.05) is 0 Å². The molecule has 0 atom stereocenters. The second kappa shape index (κ2) is 4.52. The van der Waals surface area contributed by atoms with Crippen LogP contribution in [0.2, 0.25) is 0 Å². The summed E-state index contributed by atoms with van der Waals surface area (Å²) in [5, 5.41) is 0. The maximum atomic E-state index is 5.09. The molecule has 0 aliphatic rings. The molecule has 2 nitrogen and oxygen atoms in total. The van der Waals surface area contributed by atoms with Gasteiger partial charge in [0.2, 0.25) is 0 Å². The Morgan fingerprint density at radius 2 is 0.818 bits per heavy atom. The van der Waals surface area contributed by atoms with E-state index >= 15 is 0 Å². The average molecular weight is 153 g/mol. The molecule has 0 spiro atoms. The predicted octanol–water partition coefficient (Wildman–Crippen LogP) is 2.15. The minimum Gasteiger partial charge on any atom is -0.230 e. The molecule has 63 valence electrons. The molecule has 0 fully saturated rings. The Morgan fingerprint density at radius 3 is 0.909 bits per heavy atom. The predicted molar refractivity (Wildman–Crippen MR) is 47.4 cm³/mol. The van der Waals surface area contributed by atoms with E-state index in [-0.39, 0.29) is 30.1 Å². The number of rotatable bonds is 1. The fourth-order valence-corrected chi connectivity index (χ4v) is 0.250. The van der Waals surface area contributed by atoms with Gasteiger partial charge in [-0.25, -0.2) is 9.78 Å². The quantitative estimate of drug-likeness (QED) is 0.326. The van der Waals surface area contributed by atoms with E-state index in [1.54, 1.807) is 0 Å². The largest absolute Gasteiger partial charge is 0.230 e. The molecule has 1 radical (unpaired) electrons. The van der Waals surface area contributed by atoms with Crippen LogP contribution in [0.4, 0.5) is 0 Å². The molecule has 0 saturated heterocycles. The van der Waals surface area contributed by atoms with Gasteiger partial charge in [-0.2, -0.15) is 0 Å². The number of hydrogen-bond donors (Lipinski definition) is 0. The van der Waals surface area contributed by atoms with Crippen molar-refractivity contribution in [1.29, 1.82) is 0 Å². The van der Waals surface area contributed by atoms with Gasteiger partial charge in [0.1, 0.15) is 0 Å². The van der Waals surface area contributed by atoms with Crippen LogP contribution in [-0.2, 0) is 9.78 Å². The average Bonchev–Trinajstić information content (AvgIpc) is 1.57. The summed E-state index contributed by atoms with van der Waals surface area (Å²) in [6.45, 7) is 11.7. The summed E-state index contributed by atoms with van der Waals surface area (Å²) in [6, 6.07) is 0. The third-order valence-corrected chi connectivity index (χ3v) is 0.542. The van der Waals surface area contributed by atoms with E-state index in [4.69, 9.17) is 9.78 Å². The van der Waals surface area contributed by atoms with E-state index in [9.17, 15) is 0 Å². The Labute approximate surface area is 81.7 Å². The van der Waals surface area contributed by atoms with Crippen LogP contribution >= 0.6 is 0 Å². The van der Waals surface area contributed by atoms with Gasteiger partial charge in [0.05, 0.1) is 11.2 Å². The molecule has 0 amide bonds. The van der Waals surface area contributed by atoms with Gasteiger partial charge in [-0.05, 0) is 41.5 Å². The van der Waals surface area contributed by atoms with Crippen molar-refractivity contribution < 1.29 is 9.78 Å². The van der Waals surface area contributed by atoms with Gasteiger partial charge in [-0.3, -0.25) is 0 Å². The molecule has 0 saturated carbocycles. The van der Waals surface area contributed by atoms with Gasteiger partial charge in [-0.15, -0.1) is 0 Å². The summed E-state index contributed by atoms with van der Waals surface area (Å²) < 4.78 is 0. The van der Waals surface area contributed by atoms with Gasteiger partial charge >= 0.3 is 0 Å². The van der Waals surface area contributed by atoms with Crippen molar-refractivity contribution in [3.05, 3.63) is 0 Å². The Bertz CT molecular complexity index is 85.6. The van der Waals surface area contributed by atoms with Crippen molar-refractivity contribution in [2.24, 2.45) is 0 Å². The van der Waals surface area contributed by atoms with Crippen molar-refractivity contribution in [2.75, 3.05) is 0 Å². The smallest absolute Gasteiger partial charge is 0.0952 e. The van der Waals surface area contributed by atoms with E-state index in [1.165, 1.54) is 0 Å². The molecule has 0 rings (SSSR count). The second-order valence-electron chi connectivity index (χ2n) is 4.39. The van der Waals surface area contributed by atoms with Crippen molar-refractivity contribution >= 4 is 18.9 Å². The Balaban J connectivity index is 0. The third-order valence-electron chi connectivity index (χ3n) is 0.542. The van der Waals surface area contributed by atoms with Gasteiger partial charge in [0.15, 0.2) is 0 Å². The summed E-state index contributed by atoms with van der Waals surface area (Å²) in [5.41, 5.74) is -0.430. The SMILES string of the molecule is CC(C)(C)OOC(C)(C)C.[Li]. The molecule has 0 unspecified atom stereocenters. The molecule has 0 heterocycles. The molecule has 0 aliphatic carbocycles. The molecular formula is C8H18LiO2. The van der Waals surface area contributed by atoms with Crippen molar-refractivity contribution in [3.8, 4) is 0 Å². The molecule has 0 aromatic rings. The van der Waals surface area contributed by atoms with E-state index in [1.807, 2.05) is 41.5 Å². The topological polar surface area (TPSA) is 18.5 Å². The first-order chi connectivity index (χ1) is 4.21. The van der Waals surface area contributed by atoms with Crippen LogP contribution in [0, 0.1) is 0 Å². The summed E-state index contributed by atoms with van der Waals surface area (Å²) in [5.74, 6) is 0. The molecule has 0 aromatic heterocycles. The minimum atomic E-state index is -0.215. The molecule has 0 bridgehead atoms. The summed E-state index contributed by atoms with van der Waals surface area (Å²) in [4.78, 5) is 10.2. The molecule has 0 aromatic carbocycles. The monoisotopic (exact) mass is 153 g/mol.